The van der Waals surface area contributed by atoms with Gasteiger partial charge in [0, 0.05) is 6.04 Å². The topological polar surface area (TPSA) is 75.3 Å². The molecule has 2 N–H and O–H groups in total. The lowest BCUT2D eigenvalue weighted by Gasteiger charge is -2.13. The van der Waals surface area contributed by atoms with Crippen LogP contribution in [-0.2, 0) is 10.0 Å². The van der Waals surface area contributed by atoms with Crippen LogP contribution in [0.2, 0.25) is 5.02 Å². The monoisotopic (exact) mass is 364 g/mol. The third kappa shape index (κ3) is 3.71. The zero-order chi connectivity index (χ0) is 17.3. The van der Waals surface area contributed by atoms with E-state index in [0.717, 1.165) is 18.4 Å². The molecule has 0 unspecified atom stereocenters. The van der Waals surface area contributed by atoms with Crippen molar-refractivity contribution in [3.05, 3.63) is 58.6 Å². The third-order valence-corrected chi connectivity index (χ3v) is 5.55. The number of halogens is 1. The zero-order valence-electron chi connectivity index (χ0n) is 13.0. The highest BCUT2D eigenvalue weighted by Gasteiger charge is 2.26. The highest BCUT2D eigenvalue weighted by atomic mass is 35.5. The van der Waals surface area contributed by atoms with Gasteiger partial charge in [0.15, 0.2) is 0 Å². The van der Waals surface area contributed by atoms with Crippen LogP contribution in [0, 0.1) is 6.92 Å². The Bertz CT molecular complexity index is 892. The lowest BCUT2D eigenvalue weighted by molar-refractivity contribution is 0.0952. The quantitative estimate of drug-likeness (QED) is 0.854. The van der Waals surface area contributed by atoms with E-state index in [0.29, 0.717) is 0 Å². The van der Waals surface area contributed by atoms with Gasteiger partial charge >= 0.3 is 0 Å². The summed E-state index contributed by atoms with van der Waals surface area (Å²) in [5.74, 6) is -0.286. The van der Waals surface area contributed by atoms with Crippen molar-refractivity contribution in [3.63, 3.8) is 0 Å². The van der Waals surface area contributed by atoms with Crippen LogP contribution in [-0.4, -0.2) is 20.4 Å². The van der Waals surface area contributed by atoms with Gasteiger partial charge in [-0.15, -0.1) is 0 Å². The molecule has 1 fully saturated rings. The average Bonchev–Trinajstić information content (AvgIpc) is 3.30. The van der Waals surface area contributed by atoms with E-state index in [4.69, 9.17) is 11.6 Å². The Hall–Kier alpha value is -2.05. The maximum absolute atomic E-state index is 12.6. The molecule has 0 bridgehead atoms. The molecule has 5 nitrogen and oxygen atoms in total. The number of sulfonamides is 1. The number of amides is 1. The number of hydrogen-bond donors (Lipinski definition) is 2. The lowest BCUT2D eigenvalue weighted by Crippen LogP contribution is -2.27. The molecule has 0 aliphatic heterocycles. The molecular formula is C17H17ClN2O3S. The molecule has 24 heavy (non-hydrogen) atoms. The summed E-state index contributed by atoms with van der Waals surface area (Å²) in [6.07, 6.45) is 1.91. The summed E-state index contributed by atoms with van der Waals surface area (Å²) < 4.78 is 27.7. The molecule has 1 amide bonds. The fraction of sp³-hybridized carbons (Fsp3) is 0.235. The van der Waals surface area contributed by atoms with Gasteiger partial charge in [-0.1, -0.05) is 29.8 Å². The van der Waals surface area contributed by atoms with Crippen LogP contribution in [0.5, 0.6) is 0 Å². The van der Waals surface area contributed by atoms with Crippen LogP contribution in [0.25, 0.3) is 0 Å². The van der Waals surface area contributed by atoms with Gasteiger partial charge in [0.2, 0.25) is 0 Å². The molecule has 1 aliphatic carbocycles. The van der Waals surface area contributed by atoms with Crippen LogP contribution < -0.4 is 10.0 Å². The van der Waals surface area contributed by atoms with E-state index >= 15 is 0 Å². The van der Waals surface area contributed by atoms with Gasteiger partial charge in [0.25, 0.3) is 15.9 Å². The minimum Gasteiger partial charge on any atom is -0.349 e. The molecular weight excluding hydrogens is 348 g/mol. The minimum absolute atomic E-state index is 0.0211. The number of hydrogen-bond acceptors (Lipinski definition) is 3. The summed E-state index contributed by atoms with van der Waals surface area (Å²) in [5, 5.41) is 3.00. The standard InChI is InChI=1S/C17H17ClN2O3S/c1-11-6-9-16(14(18)10-11)24(22,23)20-15-5-3-2-4-13(15)17(21)19-12-7-8-12/h2-6,9-10,12,20H,7-8H2,1H3,(H,19,21). The maximum atomic E-state index is 12.6. The number of carbonyl (C=O) groups is 1. The summed E-state index contributed by atoms with van der Waals surface area (Å²) in [4.78, 5) is 12.3. The number of carbonyl (C=O) groups excluding carboxylic acids is 1. The number of nitrogens with one attached hydrogen (secondary N) is 2. The second-order valence-corrected chi connectivity index (χ2v) is 7.89. The summed E-state index contributed by atoms with van der Waals surface area (Å²) in [6.45, 7) is 1.83. The first-order valence-corrected chi connectivity index (χ1v) is 9.42. The Labute approximate surface area is 146 Å². The van der Waals surface area contributed by atoms with Crippen molar-refractivity contribution >= 4 is 33.2 Å². The van der Waals surface area contributed by atoms with Crippen LogP contribution in [0.1, 0.15) is 28.8 Å². The van der Waals surface area contributed by atoms with Gasteiger partial charge in [-0.2, -0.15) is 0 Å². The molecule has 0 spiro atoms. The van der Waals surface area contributed by atoms with Crippen LogP contribution in [0.3, 0.4) is 0 Å². The van der Waals surface area contributed by atoms with Crippen molar-refractivity contribution in [2.45, 2.75) is 30.7 Å². The molecule has 7 heteroatoms. The molecule has 3 rings (SSSR count). The predicted molar refractivity (Wildman–Crippen MR) is 93.9 cm³/mol. The molecule has 0 heterocycles. The zero-order valence-corrected chi connectivity index (χ0v) is 14.6. The SMILES string of the molecule is Cc1ccc(S(=O)(=O)Nc2ccccc2C(=O)NC2CC2)c(Cl)c1. The van der Waals surface area contributed by atoms with Gasteiger partial charge in [-0.05, 0) is 49.6 Å². The van der Waals surface area contributed by atoms with E-state index in [1.807, 2.05) is 6.92 Å². The maximum Gasteiger partial charge on any atom is 0.263 e. The van der Waals surface area contributed by atoms with E-state index in [1.54, 1.807) is 36.4 Å². The molecule has 126 valence electrons. The first-order chi connectivity index (χ1) is 11.4. The fourth-order valence-corrected chi connectivity index (χ4v) is 3.96. The molecule has 0 saturated heterocycles. The van der Waals surface area contributed by atoms with Gasteiger partial charge in [0.1, 0.15) is 4.90 Å². The molecule has 1 saturated carbocycles. The number of rotatable bonds is 5. The Morgan fingerprint density at radius 1 is 1.17 bits per heavy atom. The largest absolute Gasteiger partial charge is 0.349 e. The number of para-hydroxylation sites is 1. The first kappa shape index (κ1) is 16.8. The van der Waals surface area contributed by atoms with Crippen molar-refractivity contribution in [2.24, 2.45) is 0 Å². The summed E-state index contributed by atoms with van der Waals surface area (Å²) >= 11 is 6.06. The number of anilines is 1. The minimum atomic E-state index is -3.89. The van der Waals surface area contributed by atoms with Crippen molar-refractivity contribution in [1.82, 2.24) is 5.32 Å². The highest BCUT2D eigenvalue weighted by molar-refractivity contribution is 7.92. The third-order valence-electron chi connectivity index (χ3n) is 3.71. The Balaban J connectivity index is 1.91. The Morgan fingerprint density at radius 3 is 2.54 bits per heavy atom. The Morgan fingerprint density at radius 2 is 1.88 bits per heavy atom. The van der Waals surface area contributed by atoms with Crippen molar-refractivity contribution in [3.8, 4) is 0 Å². The van der Waals surface area contributed by atoms with Gasteiger partial charge in [0.05, 0.1) is 16.3 Å². The molecule has 0 radical (unpaired) electrons. The van der Waals surface area contributed by atoms with E-state index in [2.05, 4.69) is 10.0 Å². The summed E-state index contributed by atoms with van der Waals surface area (Å²) in [5.41, 5.74) is 1.38. The smallest absolute Gasteiger partial charge is 0.263 e. The number of aryl methyl sites for hydroxylation is 1. The van der Waals surface area contributed by atoms with Gasteiger partial charge in [-0.25, -0.2) is 8.42 Å². The second-order valence-electron chi connectivity index (χ2n) is 5.83. The van der Waals surface area contributed by atoms with Gasteiger partial charge < -0.3 is 5.32 Å². The second kappa shape index (κ2) is 6.45. The molecule has 2 aromatic carbocycles. The van der Waals surface area contributed by atoms with E-state index in [9.17, 15) is 13.2 Å². The Kier molecular flexibility index (Phi) is 4.51. The predicted octanol–water partition coefficient (Wildman–Crippen LogP) is 3.34. The summed E-state index contributed by atoms with van der Waals surface area (Å²) in [6, 6.07) is 11.4. The number of benzene rings is 2. The fourth-order valence-electron chi connectivity index (χ4n) is 2.28. The highest BCUT2D eigenvalue weighted by Crippen LogP contribution is 2.27. The molecule has 0 atom stereocenters. The molecule has 2 aromatic rings. The van der Waals surface area contributed by atoms with Gasteiger partial charge in [-0.3, -0.25) is 9.52 Å². The van der Waals surface area contributed by atoms with Crippen molar-refractivity contribution in [1.29, 1.82) is 0 Å². The van der Waals surface area contributed by atoms with E-state index in [1.165, 1.54) is 6.07 Å². The van der Waals surface area contributed by atoms with E-state index < -0.39 is 10.0 Å². The average molecular weight is 365 g/mol. The molecule has 0 aromatic heterocycles. The summed E-state index contributed by atoms with van der Waals surface area (Å²) in [7, 11) is -3.89. The normalized spacial score (nSPS) is 14.2. The van der Waals surface area contributed by atoms with Crippen molar-refractivity contribution in [2.75, 3.05) is 4.72 Å². The first-order valence-electron chi connectivity index (χ1n) is 7.56. The van der Waals surface area contributed by atoms with E-state index in [-0.39, 0.29) is 33.1 Å². The lowest BCUT2D eigenvalue weighted by atomic mass is 10.1. The van der Waals surface area contributed by atoms with Crippen LogP contribution in [0.15, 0.2) is 47.4 Å². The van der Waals surface area contributed by atoms with Crippen LogP contribution in [0.4, 0.5) is 5.69 Å². The van der Waals surface area contributed by atoms with Crippen molar-refractivity contribution < 1.29 is 13.2 Å². The molecule has 1 aliphatic rings. The van der Waals surface area contributed by atoms with Crippen LogP contribution >= 0.6 is 11.6 Å².